The topological polar surface area (TPSA) is 0 Å². The van der Waals surface area contributed by atoms with E-state index < -0.39 is 0 Å². The molecule has 1 aromatic rings. The molecule has 0 amide bonds. The van der Waals surface area contributed by atoms with Crippen LogP contribution in [0.2, 0.25) is 0 Å². The average molecular weight is 182 g/mol. The van der Waals surface area contributed by atoms with Gasteiger partial charge in [0.25, 0.3) is 0 Å². The second kappa shape index (κ2) is 2.31. The summed E-state index contributed by atoms with van der Waals surface area (Å²) >= 11 is 0. The van der Waals surface area contributed by atoms with Gasteiger partial charge in [-0.25, -0.2) is 0 Å². The van der Waals surface area contributed by atoms with E-state index in [1.807, 2.05) is 0 Å². The summed E-state index contributed by atoms with van der Waals surface area (Å²) in [6.07, 6.45) is 7.57. The summed E-state index contributed by atoms with van der Waals surface area (Å²) in [6.45, 7) is 0. The van der Waals surface area contributed by atoms with E-state index in [4.69, 9.17) is 0 Å². The number of benzene rings is 1. The first-order chi connectivity index (χ1) is 6.95. The number of allylic oxidation sites excluding steroid dienone is 2. The van der Waals surface area contributed by atoms with Gasteiger partial charge in [0.15, 0.2) is 0 Å². The molecule has 70 valence electrons. The Labute approximate surface area is 84.6 Å². The zero-order valence-electron chi connectivity index (χ0n) is 8.19. The molecule has 0 saturated heterocycles. The lowest BCUT2D eigenvalue weighted by Gasteiger charge is -2.44. The van der Waals surface area contributed by atoms with Gasteiger partial charge in [-0.05, 0) is 47.6 Å². The second-order valence-electron chi connectivity index (χ2n) is 4.98. The van der Waals surface area contributed by atoms with Crippen molar-refractivity contribution in [3.8, 4) is 0 Å². The molecule has 1 aromatic carbocycles. The van der Waals surface area contributed by atoms with Crippen molar-refractivity contribution >= 4 is 0 Å². The quantitative estimate of drug-likeness (QED) is 0.539. The molecule has 0 heteroatoms. The lowest BCUT2D eigenvalue weighted by Crippen LogP contribution is -2.34. The van der Waals surface area contributed by atoms with E-state index in [-0.39, 0.29) is 0 Å². The van der Waals surface area contributed by atoms with Crippen LogP contribution in [0.3, 0.4) is 0 Å². The average Bonchev–Trinajstić information content (AvgIpc) is 2.49. The van der Waals surface area contributed by atoms with Gasteiger partial charge in [-0.15, -0.1) is 0 Å². The third-order valence-corrected chi connectivity index (χ3v) is 4.52. The molecule has 4 rings (SSSR count). The lowest BCUT2D eigenvalue weighted by molar-refractivity contribution is 0.155. The van der Waals surface area contributed by atoms with Gasteiger partial charge in [0.05, 0.1) is 0 Å². The maximum atomic E-state index is 2.46. The van der Waals surface area contributed by atoms with Gasteiger partial charge in [0.1, 0.15) is 0 Å². The summed E-state index contributed by atoms with van der Waals surface area (Å²) in [7, 11) is 0. The van der Waals surface area contributed by atoms with Crippen LogP contribution in [0.4, 0.5) is 0 Å². The van der Waals surface area contributed by atoms with Crippen molar-refractivity contribution in [3.63, 3.8) is 0 Å². The Kier molecular flexibility index (Phi) is 1.20. The van der Waals surface area contributed by atoms with E-state index in [0.29, 0.717) is 0 Å². The molecule has 3 aliphatic carbocycles. The minimum atomic E-state index is 0.861. The van der Waals surface area contributed by atoms with Crippen LogP contribution >= 0.6 is 0 Å². The van der Waals surface area contributed by atoms with Crippen LogP contribution in [0.1, 0.15) is 35.8 Å². The Balaban J connectivity index is 1.92. The highest BCUT2D eigenvalue weighted by atomic mass is 14.6. The summed E-state index contributed by atoms with van der Waals surface area (Å²) in [5, 5.41) is 0. The fourth-order valence-corrected chi connectivity index (χ4v) is 3.91. The molecule has 0 heterocycles. The second-order valence-corrected chi connectivity index (χ2v) is 4.98. The van der Waals surface area contributed by atoms with Crippen molar-refractivity contribution in [3.05, 3.63) is 47.5 Å². The molecule has 0 radical (unpaired) electrons. The molecule has 3 aliphatic rings. The summed E-state index contributed by atoms with van der Waals surface area (Å²) < 4.78 is 0. The number of rotatable bonds is 0. The van der Waals surface area contributed by atoms with E-state index in [9.17, 15) is 0 Å². The zero-order valence-corrected chi connectivity index (χ0v) is 8.19. The highest BCUT2D eigenvalue weighted by molar-refractivity contribution is 5.45. The summed E-state index contributed by atoms with van der Waals surface area (Å²) in [5.74, 6) is 3.65. The molecule has 1 saturated carbocycles. The Hall–Kier alpha value is -1.04. The van der Waals surface area contributed by atoms with E-state index in [1.165, 1.54) is 12.8 Å². The molecule has 0 aromatic heterocycles. The monoisotopic (exact) mass is 182 g/mol. The number of hydrogen-bond donors (Lipinski definition) is 0. The lowest BCUT2D eigenvalue weighted by atomic mass is 9.60. The highest BCUT2D eigenvalue weighted by Crippen LogP contribution is 2.63. The van der Waals surface area contributed by atoms with Gasteiger partial charge in [-0.2, -0.15) is 0 Å². The number of fused-ring (bicyclic) bond motifs is 3. The van der Waals surface area contributed by atoms with Gasteiger partial charge < -0.3 is 0 Å². The van der Waals surface area contributed by atoms with Crippen molar-refractivity contribution in [2.24, 2.45) is 11.8 Å². The minimum Gasteiger partial charge on any atom is -0.0876 e. The number of hydrogen-bond acceptors (Lipinski definition) is 0. The van der Waals surface area contributed by atoms with Gasteiger partial charge in [-0.3, -0.25) is 0 Å². The molecule has 0 spiro atoms. The molecule has 0 nitrogen and oxygen atoms in total. The van der Waals surface area contributed by atoms with Crippen LogP contribution < -0.4 is 0 Å². The smallest absolute Gasteiger partial charge is 0.00848 e. The maximum Gasteiger partial charge on any atom is -0.00848 e. The van der Waals surface area contributed by atoms with Crippen molar-refractivity contribution in [1.29, 1.82) is 0 Å². The Morgan fingerprint density at radius 3 is 2.64 bits per heavy atom. The first-order valence-corrected chi connectivity index (χ1v) is 5.70. The first-order valence-electron chi connectivity index (χ1n) is 5.70. The summed E-state index contributed by atoms with van der Waals surface area (Å²) in [4.78, 5) is 0. The van der Waals surface area contributed by atoms with Crippen LogP contribution in [-0.2, 0) is 0 Å². The van der Waals surface area contributed by atoms with Crippen LogP contribution in [0.15, 0.2) is 36.4 Å². The Morgan fingerprint density at radius 2 is 1.79 bits per heavy atom. The molecule has 0 aliphatic heterocycles. The zero-order chi connectivity index (χ0) is 9.12. The molecular weight excluding hydrogens is 168 g/mol. The fraction of sp³-hybridized carbons (Fsp3) is 0.429. The molecule has 4 unspecified atom stereocenters. The van der Waals surface area contributed by atoms with Crippen LogP contribution in [-0.4, -0.2) is 0 Å². The van der Waals surface area contributed by atoms with Crippen LogP contribution in [0.25, 0.3) is 0 Å². The largest absolute Gasteiger partial charge is 0.0876 e. The molecular formula is C14H14. The summed E-state index contributed by atoms with van der Waals surface area (Å²) in [6, 6.07) is 9.12. The highest BCUT2D eigenvalue weighted by Gasteiger charge is 2.51. The molecule has 0 N–H and O–H groups in total. The summed E-state index contributed by atoms with van der Waals surface area (Å²) in [5.41, 5.74) is 3.33. The van der Waals surface area contributed by atoms with Crippen LogP contribution in [0, 0.1) is 11.8 Å². The molecule has 1 fully saturated rings. The normalized spacial score (nSPS) is 41.4. The van der Waals surface area contributed by atoms with E-state index >= 15 is 0 Å². The van der Waals surface area contributed by atoms with Crippen LogP contribution in [0.5, 0.6) is 0 Å². The SMILES string of the molecule is C1=CC2CC3c4ccccc4C(C1)C23. The third kappa shape index (κ3) is 0.681. The Bertz CT molecular complexity index is 416. The fourth-order valence-electron chi connectivity index (χ4n) is 3.91. The maximum absolute atomic E-state index is 2.46. The van der Waals surface area contributed by atoms with Gasteiger partial charge in [0, 0.05) is 0 Å². The van der Waals surface area contributed by atoms with E-state index in [1.54, 1.807) is 11.1 Å². The van der Waals surface area contributed by atoms with Crippen molar-refractivity contribution in [2.45, 2.75) is 24.7 Å². The van der Waals surface area contributed by atoms with Crippen molar-refractivity contribution in [1.82, 2.24) is 0 Å². The van der Waals surface area contributed by atoms with Crippen molar-refractivity contribution < 1.29 is 0 Å². The van der Waals surface area contributed by atoms with E-state index in [0.717, 1.165) is 23.7 Å². The van der Waals surface area contributed by atoms with Gasteiger partial charge in [0.2, 0.25) is 0 Å². The van der Waals surface area contributed by atoms with Gasteiger partial charge in [-0.1, -0.05) is 36.4 Å². The molecule has 0 bridgehead atoms. The van der Waals surface area contributed by atoms with Crippen molar-refractivity contribution in [2.75, 3.05) is 0 Å². The van der Waals surface area contributed by atoms with Gasteiger partial charge >= 0.3 is 0 Å². The predicted octanol–water partition coefficient (Wildman–Crippen LogP) is 3.46. The minimum absolute atomic E-state index is 0.861. The molecule has 4 atom stereocenters. The third-order valence-electron chi connectivity index (χ3n) is 4.52. The van der Waals surface area contributed by atoms with E-state index in [2.05, 4.69) is 36.4 Å². The standard InChI is InChI=1S/C14H14/c1-2-6-11-10(5-1)12-7-3-4-9-8-13(11)14(9)12/h1-6,9,12-14H,7-8H2. The molecule has 14 heavy (non-hydrogen) atoms. The first kappa shape index (κ1) is 7.28. The Morgan fingerprint density at radius 1 is 1.00 bits per heavy atom. The predicted molar refractivity (Wildman–Crippen MR) is 57.3 cm³/mol.